The Morgan fingerprint density at radius 1 is 1.24 bits per heavy atom. The number of carbonyl (C=O) groups is 1. The third-order valence-corrected chi connectivity index (χ3v) is 4.89. The van der Waals surface area contributed by atoms with Gasteiger partial charge in [-0.2, -0.15) is 0 Å². The first-order valence-electron chi connectivity index (χ1n) is 8.11. The van der Waals surface area contributed by atoms with Gasteiger partial charge in [-0.1, -0.05) is 0 Å². The van der Waals surface area contributed by atoms with Gasteiger partial charge in [-0.05, 0) is 29.8 Å². The lowest BCUT2D eigenvalue weighted by Crippen LogP contribution is -2.23. The monoisotopic (exact) mass is 473 g/mol. The van der Waals surface area contributed by atoms with Crippen molar-refractivity contribution in [2.24, 2.45) is 0 Å². The Bertz CT molecular complexity index is 1240. The Kier molecular flexibility index (Phi) is 5.35. The summed E-state index contributed by atoms with van der Waals surface area (Å²) in [5.74, 6) is -7.42. The Labute approximate surface area is 169 Å². The highest BCUT2D eigenvalue weighted by molar-refractivity contribution is 9.10. The van der Waals surface area contributed by atoms with Crippen LogP contribution in [-0.2, 0) is 4.74 Å². The molecule has 0 saturated carbocycles. The Hall–Kier alpha value is -2.95. The molecule has 3 aromatic rings. The first-order valence-corrected chi connectivity index (χ1v) is 8.90. The molecule has 0 spiro atoms. The number of benzene rings is 1. The van der Waals surface area contributed by atoms with E-state index in [4.69, 9.17) is 10.5 Å². The van der Waals surface area contributed by atoms with Gasteiger partial charge in [0.15, 0.2) is 34.9 Å². The fraction of sp³-hybridized carbons (Fsp3) is 0.167. The van der Waals surface area contributed by atoms with Crippen molar-refractivity contribution in [2.75, 3.05) is 12.3 Å². The molecule has 0 amide bonds. The minimum Gasteiger partial charge on any atom is -0.462 e. The van der Waals surface area contributed by atoms with E-state index in [0.717, 1.165) is 17.7 Å². The van der Waals surface area contributed by atoms with Crippen LogP contribution in [0, 0.1) is 30.2 Å². The molecule has 0 aliphatic heterocycles. The summed E-state index contributed by atoms with van der Waals surface area (Å²) in [5.41, 5.74) is 3.13. The topological polar surface area (TPSA) is 87.2 Å². The van der Waals surface area contributed by atoms with Crippen LogP contribution in [0.25, 0.3) is 16.7 Å². The van der Waals surface area contributed by atoms with E-state index in [1.165, 1.54) is 6.92 Å². The molecule has 152 valence electrons. The van der Waals surface area contributed by atoms with E-state index < -0.39 is 67.3 Å². The summed E-state index contributed by atoms with van der Waals surface area (Å²) < 4.78 is 61.8. The number of anilines is 1. The average Bonchev–Trinajstić information content (AvgIpc) is 2.67. The zero-order valence-electron chi connectivity index (χ0n) is 14.9. The van der Waals surface area contributed by atoms with E-state index >= 15 is 0 Å². The van der Waals surface area contributed by atoms with Crippen LogP contribution >= 0.6 is 15.9 Å². The second-order valence-electron chi connectivity index (χ2n) is 5.91. The molecule has 0 aliphatic carbocycles. The molecular weight excluding hydrogens is 462 g/mol. The molecule has 0 aliphatic rings. The molecule has 2 heterocycles. The largest absolute Gasteiger partial charge is 0.462 e. The summed E-state index contributed by atoms with van der Waals surface area (Å²) in [7, 11) is 0. The summed E-state index contributed by atoms with van der Waals surface area (Å²) in [4.78, 5) is 28.7. The molecule has 2 aromatic heterocycles. The third kappa shape index (κ3) is 3.24. The summed E-state index contributed by atoms with van der Waals surface area (Å²) in [6.45, 7) is 2.54. The van der Waals surface area contributed by atoms with Crippen LogP contribution < -0.4 is 11.2 Å². The number of aromatic nitrogens is 2. The van der Waals surface area contributed by atoms with Crippen molar-refractivity contribution in [2.45, 2.75) is 13.8 Å². The fourth-order valence-electron chi connectivity index (χ4n) is 2.81. The molecule has 1 aromatic carbocycles. The van der Waals surface area contributed by atoms with Gasteiger partial charge >= 0.3 is 5.97 Å². The van der Waals surface area contributed by atoms with Gasteiger partial charge in [-0.25, -0.2) is 27.3 Å². The first kappa shape index (κ1) is 20.8. The van der Waals surface area contributed by atoms with Crippen molar-refractivity contribution >= 4 is 38.6 Å². The third-order valence-electron chi connectivity index (χ3n) is 4.17. The van der Waals surface area contributed by atoms with E-state index in [9.17, 15) is 27.2 Å². The van der Waals surface area contributed by atoms with Gasteiger partial charge in [-0.15, -0.1) is 0 Å². The predicted molar refractivity (Wildman–Crippen MR) is 100.0 cm³/mol. The highest BCUT2D eigenvalue weighted by atomic mass is 79.9. The minimum atomic E-state index is -1.34. The number of pyridine rings is 2. The number of halogens is 5. The molecule has 0 saturated heterocycles. The molecule has 6 nitrogen and oxygen atoms in total. The van der Waals surface area contributed by atoms with Crippen molar-refractivity contribution in [1.82, 2.24) is 9.55 Å². The molecule has 11 heteroatoms. The number of fused-ring (bicyclic) bond motifs is 1. The number of ether oxygens (including phenoxy) is 1. The maximum Gasteiger partial charge on any atom is 0.343 e. The van der Waals surface area contributed by atoms with Gasteiger partial charge in [0.05, 0.1) is 22.0 Å². The summed E-state index contributed by atoms with van der Waals surface area (Å²) in [6, 6.07) is 0.437. The van der Waals surface area contributed by atoms with Crippen LogP contribution in [0.4, 0.5) is 23.4 Å². The second kappa shape index (κ2) is 7.47. The molecule has 0 fully saturated rings. The van der Waals surface area contributed by atoms with E-state index in [2.05, 4.69) is 20.9 Å². The number of aryl methyl sites for hydroxylation is 1. The van der Waals surface area contributed by atoms with Gasteiger partial charge in [0.1, 0.15) is 5.56 Å². The van der Waals surface area contributed by atoms with Crippen molar-refractivity contribution in [3.8, 4) is 5.82 Å². The van der Waals surface area contributed by atoms with Crippen molar-refractivity contribution in [3.63, 3.8) is 0 Å². The standard InChI is InChI=1S/C18H12BrF4N3O3/c1-3-29-18(28)7-5-26(17-9(21)4-8(20)16(24)25-17)14-10(15(7)27)6(2)12(22)13(23)11(14)19/h4-5H,3H2,1-2H3,(H2,24,25). The molecule has 0 radical (unpaired) electrons. The SMILES string of the molecule is CCOC(=O)c1cn(-c2nc(N)c(F)cc2F)c2c(Br)c(F)c(F)c(C)c2c1=O. The highest BCUT2D eigenvalue weighted by Crippen LogP contribution is 2.33. The maximum atomic E-state index is 14.5. The van der Waals surface area contributed by atoms with Gasteiger partial charge in [0.25, 0.3) is 0 Å². The predicted octanol–water partition coefficient (Wildman–Crippen LogP) is 3.77. The van der Waals surface area contributed by atoms with Gasteiger partial charge in [-0.3, -0.25) is 9.36 Å². The molecule has 29 heavy (non-hydrogen) atoms. The van der Waals surface area contributed by atoms with Crippen LogP contribution in [0.15, 0.2) is 21.5 Å². The van der Waals surface area contributed by atoms with E-state index in [1.807, 2.05) is 0 Å². The summed E-state index contributed by atoms with van der Waals surface area (Å²) >= 11 is 2.85. The lowest BCUT2D eigenvalue weighted by molar-refractivity contribution is 0.0524. The van der Waals surface area contributed by atoms with Crippen LogP contribution in [0.5, 0.6) is 0 Å². The fourth-order valence-corrected chi connectivity index (χ4v) is 3.38. The highest BCUT2D eigenvalue weighted by Gasteiger charge is 2.26. The molecule has 3 rings (SSSR count). The number of rotatable bonds is 3. The lowest BCUT2D eigenvalue weighted by Gasteiger charge is -2.17. The van der Waals surface area contributed by atoms with Crippen molar-refractivity contribution in [1.29, 1.82) is 0 Å². The second-order valence-corrected chi connectivity index (χ2v) is 6.71. The average molecular weight is 474 g/mol. The van der Waals surface area contributed by atoms with E-state index in [-0.39, 0.29) is 12.1 Å². The number of hydrogen-bond donors (Lipinski definition) is 1. The summed E-state index contributed by atoms with van der Waals surface area (Å²) in [5, 5.41) is -0.412. The van der Waals surface area contributed by atoms with Crippen LogP contribution in [0.1, 0.15) is 22.8 Å². The zero-order valence-corrected chi connectivity index (χ0v) is 16.5. The van der Waals surface area contributed by atoms with Gasteiger partial charge in [0.2, 0.25) is 5.43 Å². The normalized spacial score (nSPS) is 11.1. The van der Waals surface area contributed by atoms with Crippen LogP contribution in [0.2, 0.25) is 0 Å². The van der Waals surface area contributed by atoms with E-state index in [1.54, 1.807) is 0 Å². The lowest BCUT2D eigenvalue weighted by atomic mass is 10.0. The zero-order chi connectivity index (χ0) is 21.6. The molecule has 0 bridgehead atoms. The molecular formula is C18H12BrF4N3O3. The number of nitrogens with zero attached hydrogens (tertiary/aromatic N) is 2. The quantitative estimate of drug-likeness (QED) is 0.355. The Morgan fingerprint density at radius 2 is 1.90 bits per heavy atom. The number of nitrogens with two attached hydrogens (primary N) is 1. The number of carbonyl (C=O) groups excluding carboxylic acids is 1. The van der Waals surface area contributed by atoms with Crippen molar-refractivity contribution < 1.29 is 27.1 Å². The van der Waals surface area contributed by atoms with Gasteiger partial charge in [0, 0.05) is 17.8 Å². The minimum absolute atomic E-state index is 0.0765. The van der Waals surface area contributed by atoms with Crippen LogP contribution in [0.3, 0.4) is 0 Å². The van der Waals surface area contributed by atoms with Crippen molar-refractivity contribution in [3.05, 3.63) is 61.4 Å². The molecule has 0 unspecified atom stereocenters. The summed E-state index contributed by atoms with van der Waals surface area (Å²) in [6.07, 6.45) is 0.854. The Morgan fingerprint density at radius 3 is 2.52 bits per heavy atom. The number of hydrogen-bond acceptors (Lipinski definition) is 5. The van der Waals surface area contributed by atoms with Gasteiger partial charge < -0.3 is 10.5 Å². The number of esters is 1. The Balaban J connectivity index is 2.59. The number of nitrogen functional groups attached to an aromatic ring is 1. The first-order chi connectivity index (χ1) is 13.6. The molecule has 0 atom stereocenters. The maximum absolute atomic E-state index is 14.5. The van der Waals surface area contributed by atoms with E-state index in [0.29, 0.717) is 6.07 Å². The molecule has 2 N–H and O–H groups in total. The van der Waals surface area contributed by atoms with Crippen LogP contribution in [-0.4, -0.2) is 22.1 Å². The smallest absolute Gasteiger partial charge is 0.343 e.